The number of fused-ring (bicyclic) bond motifs is 1. The molecule has 0 saturated carbocycles. The van der Waals surface area contributed by atoms with Crippen LogP contribution in [0.2, 0.25) is 0 Å². The van der Waals surface area contributed by atoms with Gasteiger partial charge in [0.2, 0.25) is 0 Å². The van der Waals surface area contributed by atoms with Crippen LogP contribution in [-0.2, 0) is 0 Å². The normalized spacial score (nSPS) is 10.4. The van der Waals surface area contributed by atoms with E-state index >= 15 is 0 Å². The minimum atomic E-state index is -0.594. The Hall–Kier alpha value is -3.13. The predicted octanol–water partition coefficient (Wildman–Crippen LogP) is 3.88. The van der Waals surface area contributed by atoms with Crippen LogP contribution >= 0.6 is 0 Å². The van der Waals surface area contributed by atoms with Crippen molar-refractivity contribution in [1.82, 2.24) is 4.98 Å². The number of rotatable bonds is 2. The third-order valence-corrected chi connectivity index (χ3v) is 3.58. The average molecular weight is 292 g/mol. The van der Waals surface area contributed by atoms with Crippen LogP contribution in [-0.4, -0.2) is 4.98 Å². The number of nitrogens with zero attached hydrogens (tertiary/aromatic N) is 2. The molecule has 0 aliphatic carbocycles. The van der Waals surface area contributed by atoms with Crippen LogP contribution in [0.5, 0.6) is 0 Å². The van der Waals surface area contributed by atoms with E-state index in [1.165, 1.54) is 6.07 Å². The first-order valence-electron chi connectivity index (χ1n) is 6.71. The van der Waals surface area contributed by atoms with Crippen LogP contribution < -0.4 is 11.1 Å². The molecule has 22 heavy (non-hydrogen) atoms. The lowest BCUT2D eigenvalue weighted by atomic mass is 10.1. The van der Waals surface area contributed by atoms with Crippen LogP contribution in [0.25, 0.3) is 10.8 Å². The van der Waals surface area contributed by atoms with E-state index in [0.29, 0.717) is 11.5 Å². The van der Waals surface area contributed by atoms with Crippen LogP contribution in [0, 0.1) is 24.1 Å². The van der Waals surface area contributed by atoms with E-state index < -0.39 is 5.82 Å². The van der Waals surface area contributed by atoms with E-state index in [-0.39, 0.29) is 11.3 Å². The number of aromatic nitrogens is 1. The van der Waals surface area contributed by atoms with Crippen molar-refractivity contribution in [1.29, 1.82) is 5.26 Å². The van der Waals surface area contributed by atoms with E-state index in [2.05, 4.69) is 10.3 Å². The molecule has 0 amide bonds. The van der Waals surface area contributed by atoms with E-state index in [1.54, 1.807) is 18.3 Å². The number of halogens is 1. The molecule has 1 heterocycles. The van der Waals surface area contributed by atoms with Gasteiger partial charge < -0.3 is 11.1 Å². The summed E-state index contributed by atoms with van der Waals surface area (Å²) in [6, 6.07) is 12.0. The van der Waals surface area contributed by atoms with Crippen LogP contribution in [0.1, 0.15) is 11.1 Å². The fourth-order valence-electron chi connectivity index (χ4n) is 2.33. The van der Waals surface area contributed by atoms with Crippen molar-refractivity contribution in [2.45, 2.75) is 6.92 Å². The summed E-state index contributed by atoms with van der Waals surface area (Å²) in [6.45, 7) is 1.93. The number of hydrogen-bond acceptors (Lipinski definition) is 4. The number of pyridine rings is 1. The van der Waals surface area contributed by atoms with Crippen molar-refractivity contribution >= 4 is 28.0 Å². The number of anilines is 3. The third kappa shape index (κ3) is 2.21. The number of nitriles is 1. The number of aryl methyl sites for hydroxylation is 1. The minimum absolute atomic E-state index is 0.0133. The topological polar surface area (TPSA) is 74.7 Å². The zero-order valence-corrected chi connectivity index (χ0v) is 11.9. The van der Waals surface area contributed by atoms with Gasteiger partial charge in [-0.1, -0.05) is 18.2 Å². The Morgan fingerprint density at radius 2 is 2.00 bits per heavy atom. The van der Waals surface area contributed by atoms with Crippen molar-refractivity contribution < 1.29 is 4.39 Å². The second kappa shape index (κ2) is 5.34. The van der Waals surface area contributed by atoms with Gasteiger partial charge in [-0.3, -0.25) is 0 Å². The van der Waals surface area contributed by atoms with E-state index in [1.807, 2.05) is 31.2 Å². The standard InChI is InChI=1S/C17H13FN4/c1-10-5-6-13-12(16(10)20)7-8-21-17(13)22-14-4-2-3-11(9-19)15(14)18/h2-8H,20H2,1H3,(H,21,22). The molecule has 0 saturated heterocycles. The molecule has 3 rings (SSSR count). The van der Waals surface area contributed by atoms with Gasteiger partial charge in [-0.15, -0.1) is 0 Å². The Balaban J connectivity index is 2.13. The lowest BCUT2D eigenvalue weighted by Gasteiger charge is -2.12. The summed E-state index contributed by atoms with van der Waals surface area (Å²) < 4.78 is 14.2. The van der Waals surface area contributed by atoms with Crippen LogP contribution in [0.4, 0.5) is 21.6 Å². The van der Waals surface area contributed by atoms with Crippen molar-refractivity contribution in [3.63, 3.8) is 0 Å². The number of nitrogens with two attached hydrogens (primary N) is 1. The summed E-state index contributed by atoms with van der Waals surface area (Å²) >= 11 is 0. The molecule has 4 nitrogen and oxygen atoms in total. The summed E-state index contributed by atoms with van der Waals surface area (Å²) in [7, 11) is 0. The molecule has 0 atom stereocenters. The zero-order valence-electron chi connectivity index (χ0n) is 11.9. The Morgan fingerprint density at radius 1 is 1.18 bits per heavy atom. The maximum absolute atomic E-state index is 14.2. The molecule has 5 heteroatoms. The lowest BCUT2D eigenvalue weighted by Crippen LogP contribution is -2.00. The van der Waals surface area contributed by atoms with Gasteiger partial charge >= 0.3 is 0 Å². The van der Waals surface area contributed by atoms with Gasteiger partial charge in [-0.25, -0.2) is 9.37 Å². The van der Waals surface area contributed by atoms with Crippen molar-refractivity contribution in [2.24, 2.45) is 0 Å². The van der Waals surface area contributed by atoms with Gasteiger partial charge in [0, 0.05) is 22.7 Å². The smallest absolute Gasteiger partial charge is 0.164 e. The number of nitrogens with one attached hydrogen (secondary N) is 1. The first kappa shape index (κ1) is 13.8. The molecule has 0 bridgehead atoms. The summed E-state index contributed by atoms with van der Waals surface area (Å²) in [5.41, 5.74) is 7.93. The lowest BCUT2D eigenvalue weighted by molar-refractivity contribution is 0.628. The second-order valence-electron chi connectivity index (χ2n) is 4.95. The maximum atomic E-state index is 14.2. The minimum Gasteiger partial charge on any atom is -0.398 e. The molecule has 0 unspecified atom stereocenters. The SMILES string of the molecule is Cc1ccc2c(Nc3cccc(C#N)c3F)nccc2c1N. The van der Waals surface area contributed by atoms with Gasteiger partial charge in [0.05, 0.1) is 11.3 Å². The predicted molar refractivity (Wildman–Crippen MR) is 85.3 cm³/mol. The van der Waals surface area contributed by atoms with Gasteiger partial charge in [0.1, 0.15) is 11.9 Å². The van der Waals surface area contributed by atoms with Crippen molar-refractivity contribution in [3.8, 4) is 6.07 Å². The molecule has 0 spiro atoms. The molecular weight excluding hydrogens is 279 g/mol. The number of nitrogen functional groups attached to an aromatic ring is 1. The van der Waals surface area contributed by atoms with Crippen LogP contribution in [0.15, 0.2) is 42.6 Å². The number of benzene rings is 2. The van der Waals surface area contributed by atoms with E-state index in [4.69, 9.17) is 11.0 Å². The Morgan fingerprint density at radius 3 is 2.77 bits per heavy atom. The highest BCUT2D eigenvalue weighted by molar-refractivity contribution is 6.01. The van der Waals surface area contributed by atoms with Crippen molar-refractivity contribution in [3.05, 3.63) is 59.5 Å². The highest BCUT2D eigenvalue weighted by Crippen LogP contribution is 2.30. The second-order valence-corrected chi connectivity index (χ2v) is 4.95. The monoisotopic (exact) mass is 292 g/mol. The molecule has 1 aromatic heterocycles. The molecule has 0 aliphatic rings. The average Bonchev–Trinajstić information content (AvgIpc) is 2.53. The van der Waals surface area contributed by atoms with E-state index in [0.717, 1.165) is 16.3 Å². The molecule has 0 aliphatic heterocycles. The summed E-state index contributed by atoms with van der Waals surface area (Å²) in [5.74, 6) is -0.0953. The van der Waals surface area contributed by atoms with Gasteiger partial charge in [0.15, 0.2) is 5.82 Å². The van der Waals surface area contributed by atoms with Gasteiger partial charge in [0.25, 0.3) is 0 Å². The van der Waals surface area contributed by atoms with Crippen LogP contribution in [0.3, 0.4) is 0 Å². The quantitative estimate of drug-likeness (QED) is 0.703. The maximum Gasteiger partial charge on any atom is 0.164 e. The fourth-order valence-corrected chi connectivity index (χ4v) is 2.33. The Bertz CT molecular complexity index is 912. The summed E-state index contributed by atoms with van der Waals surface area (Å²) in [6.07, 6.45) is 1.62. The fraction of sp³-hybridized carbons (Fsp3) is 0.0588. The largest absolute Gasteiger partial charge is 0.398 e. The Labute approximate surface area is 127 Å². The highest BCUT2D eigenvalue weighted by Gasteiger charge is 2.11. The molecule has 3 N–H and O–H groups in total. The molecule has 3 aromatic rings. The first-order chi connectivity index (χ1) is 10.6. The molecular formula is C17H13FN4. The highest BCUT2D eigenvalue weighted by atomic mass is 19.1. The van der Waals surface area contributed by atoms with Crippen molar-refractivity contribution in [2.75, 3.05) is 11.1 Å². The van der Waals surface area contributed by atoms with E-state index in [9.17, 15) is 4.39 Å². The molecule has 108 valence electrons. The first-order valence-corrected chi connectivity index (χ1v) is 6.71. The zero-order chi connectivity index (χ0) is 15.7. The number of hydrogen-bond donors (Lipinski definition) is 2. The third-order valence-electron chi connectivity index (χ3n) is 3.58. The molecule has 0 radical (unpaired) electrons. The summed E-state index contributed by atoms with van der Waals surface area (Å²) in [4.78, 5) is 4.25. The van der Waals surface area contributed by atoms with Gasteiger partial charge in [-0.2, -0.15) is 5.26 Å². The molecule has 2 aromatic carbocycles. The summed E-state index contributed by atoms with van der Waals surface area (Å²) in [5, 5.41) is 13.5. The Kier molecular flexibility index (Phi) is 3.36. The molecule has 0 fully saturated rings. The van der Waals surface area contributed by atoms with Gasteiger partial charge in [-0.05, 0) is 30.7 Å².